The molecule has 3 aromatic rings. The van der Waals surface area contributed by atoms with Crippen LogP contribution in [0.5, 0.6) is 0 Å². The maximum absolute atomic E-state index is 12.2. The molecular weight excluding hydrogens is 316 g/mol. The summed E-state index contributed by atoms with van der Waals surface area (Å²) in [5.74, 6) is 1.24. The van der Waals surface area contributed by atoms with Gasteiger partial charge < -0.3 is 9.73 Å². The van der Waals surface area contributed by atoms with Gasteiger partial charge in [0, 0.05) is 4.88 Å². The quantitative estimate of drug-likeness (QED) is 0.762. The van der Waals surface area contributed by atoms with E-state index in [1.54, 1.807) is 22.7 Å². The van der Waals surface area contributed by atoms with Gasteiger partial charge in [0.2, 0.25) is 11.8 Å². The van der Waals surface area contributed by atoms with Crippen molar-refractivity contribution in [1.82, 2.24) is 10.3 Å². The van der Waals surface area contributed by atoms with Gasteiger partial charge in [-0.3, -0.25) is 4.79 Å². The third-order valence-corrected chi connectivity index (χ3v) is 5.21. The molecule has 0 unspecified atom stereocenters. The molecule has 1 amide bonds. The van der Waals surface area contributed by atoms with Crippen LogP contribution in [-0.4, -0.2) is 10.9 Å². The number of hydrogen-bond acceptors (Lipinski definition) is 5. The van der Waals surface area contributed by atoms with Crippen LogP contribution >= 0.6 is 22.7 Å². The Kier molecular flexibility index (Phi) is 4.40. The monoisotopic (exact) mass is 332 g/mol. The molecule has 0 aliphatic rings. The Bertz CT molecular complexity index is 745. The van der Waals surface area contributed by atoms with E-state index in [-0.39, 0.29) is 18.4 Å². The fourth-order valence-corrected chi connectivity index (χ4v) is 3.53. The standard InChI is InChI=1S/C16H16N2O2S2/c1-10(13-5-3-7-21-13)17-15(19)9-12-11(2)20-16(18-12)14-6-4-8-22-14/h3-8,10H,9H2,1-2H3,(H,17,19)/t10-/m0/s1. The molecule has 0 aliphatic carbocycles. The third-order valence-electron chi connectivity index (χ3n) is 3.30. The molecule has 0 fully saturated rings. The van der Waals surface area contributed by atoms with Crippen molar-refractivity contribution in [2.75, 3.05) is 0 Å². The highest BCUT2D eigenvalue weighted by Crippen LogP contribution is 2.26. The summed E-state index contributed by atoms with van der Waals surface area (Å²) in [7, 11) is 0. The van der Waals surface area contributed by atoms with E-state index in [0.717, 1.165) is 9.75 Å². The summed E-state index contributed by atoms with van der Waals surface area (Å²) in [6.07, 6.45) is 0.233. The first-order valence-corrected chi connectivity index (χ1v) is 8.72. The summed E-state index contributed by atoms with van der Waals surface area (Å²) in [5.41, 5.74) is 0.694. The molecule has 114 valence electrons. The molecule has 6 heteroatoms. The van der Waals surface area contributed by atoms with Crippen molar-refractivity contribution < 1.29 is 9.21 Å². The number of hydrogen-bond donors (Lipinski definition) is 1. The van der Waals surface area contributed by atoms with Crippen LogP contribution in [0, 0.1) is 6.92 Å². The summed E-state index contributed by atoms with van der Waals surface area (Å²) in [4.78, 5) is 18.7. The fourth-order valence-electron chi connectivity index (χ4n) is 2.15. The molecule has 0 saturated carbocycles. The van der Waals surface area contributed by atoms with Crippen LogP contribution in [0.2, 0.25) is 0 Å². The predicted molar refractivity (Wildman–Crippen MR) is 89.1 cm³/mol. The van der Waals surface area contributed by atoms with E-state index in [0.29, 0.717) is 17.3 Å². The number of nitrogens with zero attached hydrogens (tertiary/aromatic N) is 1. The zero-order valence-electron chi connectivity index (χ0n) is 12.3. The van der Waals surface area contributed by atoms with E-state index in [9.17, 15) is 4.79 Å². The van der Waals surface area contributed by atoms with E-state index >= 15 is 0 Å². The van der Waals surface area contributed by atoms with Crippen molar-refractivity contribution in [2.45, 2.75) is 26.3 Å². The van der Waals surface area contributed by atoms with Gasteiger partial charge in [0.25, 0.3) is 0 Å². The number of carbonyl (C=O) groups excluding carboxylic acids is 1. The van der Waals surface area contributed by atoms with Crippen LogP contribution in [0.3, 0.4) is 0 Å². The summed E-state index contributed by atoms with van der Waals surface area (Å²) in [6.45, 7) is 3.83. The molecular formula is C16H16N2O2S2. The van der Waals surface area contributed by atoms with Crippen molar-refractivity contribution in [3.05, 3.63) is 51.4 Å². The second-order valence-corrected chi connectivity index (χ2v) is 6.91. The van der Waals surface area contributed by atoms with Crippen LogP contribution < -0.4 is 5.32 Å². The van der Waals surface area contributed by atoms with Gasteiger partial charge in [-0.25, -0.2) is 4.98 Å². The van der Waals surface area contributed by atoms with Crippen LogP contribution in [0.25, 0.3) is 10.8 Å². The topological polar surface area (TPSA) is 55.1 Å². The lowest BCUT2D eigenvalue weighted by molar-refractivity contribution is -0.121. The molecule has 0 spiro atoms. The van der Waals surface area contributed by atoms with Crippen molar-refractivity contribution in [3.8, 4) is 10.8 Å². The highest BCUT2D eigenvalue weighted by molar-refractivity contribution is 7.13. The van der Waals surface area contributed by atoms with Crippen LogP contribution in [0.4, 0.5) is 0 Å². The van der Waals surface area contributed by atoms with Crippen LogP contribution in [0.15, 0.2) is 39.4 Å². The second kappa shape index (κ2) is 6.46. The minimum absolute atomic E-state index is 0.0106. The number of amides is 1. The van der Waals surface area contributed by atoms with Crippen LogP contribution in [-0.2, 0) is 11.2 Å². The van der Waals surface area contributed by atoms with E-state index in [1.165, 1.54) is 0 Å². The molecule has 22 heavy (non-hydrogen) atoms. The molecule has 3 heterocycles. The predicted octanol–water partition coefficient (Wildman–Crippen LogP) is 4.19. The summed E-state index contributed by atoms with van der Waals surface area (Å²) >= 11 is 3.21. The Balaban J connectivity index is 1.67. The SMILES string of the molecule is Cc1oc(-c2cccs2)nc1CC(=O)N[C@@H](C)c1cccs1. The molecule has 1 N–H and O–H groups in total. The average Bonchev–Trinajstić information content (AvgIpc) is 3.19. The zero-order chi connectivity index (χ0) is 15.5. The molecule has 0 saturated heterocycles. The fraction of sp³-hybridized carbons (Fsp3) is 0.250. The second-order valence-electron chi connectivity index (χ2n) is 4.98. The highest BCUT2D eigenvalue weighted by atomic mass is 32.1. The van der Waals surface area contributed by atoms with Crippen molar-refractivity contribution in [2.24, 2.45) is 0 Å². The number of aryl methyl sites for hydroxylation is 1. The van der Waals surface area contributed by atoms with Crippen molar-refractivity contribution in [3.63, 3.8) is 0 Å². The van der Waals surface area contributed by atoms with Gasteiger partial charge in [-0.15, -0.1) is 22.7 Å². The Morgan fingerprint density at radius 3 is 2.77 bits per heavy atom. The molecule has 0 radical (unpaired) electrons. The van der Waals surface area contributed by atoms with Gasteiger partial charge >= 0.3 is 0 Å². The summed E-state index contributed by atoms with van der Waals surface area (Å²) < 4.78 is 5.66. The van der Waals surface area contributed by atoms with Crippen molar-refractivity contribution >= 4 is 28.6 Å². The normalized spacial score (nSPS) is 12.3. The first-order valence-electron chi connectivity index (χ1n) is 6.96. The number of rotatable bonds is 5. The molecule has 3 aromatic heterocycles. The lowest BCUT2D eigenvalue weighted by Crippen LogP contribution is -2.27. The first kappa shape index (κ1) is 15.0. The van der Waals surface area contributed by atoms with E-state index < -0.39 is 0 Å². The third kappa shape index (κ3) is 3.28. The average molecular weight is 332 g/mol. The maximum Gasteiger partial charge on any atom is 0.236 e. The van der Waals surface area contributed by atoms with E-state index in [2.05, 4.69) is 10.3 Å². The van der Waals surface area contributed by atoms with Crippen LogP contribution in [0.1, 0.15) is 29.3 Å². The number of oxazole rings is 1. The Morgan fingerprint density at radius 2 is 2.09 bits per heavy atom. The molecule has 1 atom stereocenters. The summed E-state index contributed by atoms with van der Waals surface area (Å²) in [6, 6.07) is 7.92. The molecule has 0 aromatic carbocycles. The number of nitrogens with one attached hydrogen (secondary N) is 1. The van der Waals surface area contributed by atoms with Gasteiger partial charge in [-0.2, -0.15) is 0 Å². The Hall–Kier alpha value is -1.92. The maximum atomic E-state index is 12.2. The smallest absolute Gasteiger partial charge is 0.236 e. The molecule has 0 bridgehead atoms. The largest absolute Gasteiger partial charge is 0.440 e. The first-order chi connectivity index (χ1) is 10.6. The minimum atomic E-state index is -0.0463. The van der Waals surface area contributed by atoms with Gasteiger partial charge in [-0.05, 0) is 36.7 Å². The molecule has 0 aliphatic heterocycles. The molecule has 4 nitrogen and oxygen atoms in total. The minimum Gasteiger partial charge on any atom is -0.440 e. The lowest BCUT2D eigenvalue weighted by Gasteiger charge is -2.11. The van der Waals surface area contributed by atoms with Gasteiger partial charge in [0.05, 0.1) is 23.0 Å². The van der Waals surface area contributed by atoms with Gasteiger partial charge in [-0.1, -0.05) is 12.1 Å². The van der Waals surface area contributed by atoms with E-state index in [4.69, 9.17) is 4.42 Å². The van der Waals surface area contributed by atoms with Gasteiger partial charge in [0.1, 0.15) is 5.76 Å². The van der Waals surface area contributed by atoms with Gasteiger partial charge in [0.15, 0.2) is 0 Å². The number of carbonyl (C=O) groups is 1. The van der Waals surface area contributed by atoms with E-state index in [1.807, 2.05) is 48.9 Å². The highest BCUT2D eigenvalue weighted by Gasteiger charge is 2.17. The zero-order valence-corrected chi connectivity index (χ0v) is 14.0. The Morgan fingerprint density at radius 1 is 1.32 bits per heavy atom. The molecule has 3 rings (SSSR count). The Labute approximate surface area is 136 Å². The summed E-state index contributed by atoms with van der Waals surface area (Å²) in [5, 5.41) is 6.98. The number of aromatic nitrogens is 1. The number of thiophene rings is 2. The lowest BCUT2D eigenvalue weighted by atomic mass is 10.2. The van der Waals surface area contributed by atoms with Crippen molar-refractivity contribution in [1.29, 1.82) is 0 Å².